The van der Waals surface area contributed by atoms with E-state index in [2.05, 4.69) is 26.1 Å². The van der Waals surface area contributed by atoms with Gasteiger partial charge in [-0.15, -0.1) is 0 Å². The summed E-state index contributed by atoms with van der Waals surface area (Å²) < 4.78 is 5.82. The highest BCUT2D eigenvalue weighted by atomic mass is 79.9. The summed E-state index contributed by atoms with van der Waals surface area (Å²) in [6.45, 7) is 4.15. The number of aromatic amines is 1. The number of benzene rings is 3. The average Bonchev–Trinajstić information content (AvgIpc) is 3.38. The fourth-order valence-corrected chi connectivity index (χ4v) is 5.19. The molecular formula is C27H23BrClN3O4. The minimum Gasteiger partial charge on any atom is -0.507 e. The molecule has 7 nitrogen and oxygen atoms in total. The maximum absolute atomic E-state index is 13.7. The predicted octanol–water partition coefficient (Wildman–Crippen LogP) is 6.27. The topological polar surface area (TPSA) is 98.7 Å². The number of phenols is 2. The Labute approximate surface area is 221 Å². The first-order valence-corrected chi connectivity index (χ1v) is 12.4. The molecule has 0 fully saturated rings. The normalized spacial score (nSPS) is 14.9. The molecule has 1 aliphatic heterocycles. The Morgan fingerprint density at radius 3 is 2.56 bits per heavy atom. The van der Waals surface area contributed by atoms with E-state index in [1.807, 2.05) is 31.2 Å². The highest BCUT2D eigenvalue weighted by Gasteiger charge is 2.43. The van der Waals surface area contributed by atoms with Crippen molar-refractivity contribution in [3.63, 3.8) is 0 Å². The summed E-state index contributed by atoms with van der Waals surface area (Å²) in [6.07, 6.45) is 0. The number of fused-ring (bicyclic) bond motifs is 1. The van der Waals surface area contributed by atoms with Crippen molar-refractivity contribution in [3.05, 3.63) is 91.5 Å². The van der Waals surface area contributed by atoms with Gasteiger partial charge in [0.05, 0.1) is 17.6 Å². The van der Waals surface area contributed by atoms with Crippen LogP contribution >= 0.6 is 27.5 Å². The lowest BCUT2D eigenvalue weighted by Gasteiger charge is -2.27. The number of H-pyrrole nitrogens is 1. The van der Waals surface area contributed by atoms with E-state index < -0.39 is 6.04 Å². The highest BCUT2D eigenvalue weighted by Crippen LogP contribution is 2.48. The van der Waals surface area contributed by atoms with E-state index in [1.54, 1.807) is 36.1 Å². The van der Waals surface area contributed by atoms with E-state index in [4.69, 9.17) is 16.3 Å². The lowest BCUT2D eigenvalue weighted by atomic mass is 9.94. The molecule has 5 rings (SSSR count). The molecule has 9 heteroatoms. The maximum atomic E-state index is 13.7. The number of halogens is 2. The third kappa shape index (κ3) is 4.00. The summed E-state index contributed by atoms with van der Waals surface area (Å²) in [5, 5.41) is 28.9. The fraction of sp³-hybridized carbons (Fsp3) is 0.185. The largest absolute Gasteiger partial charge is 0.507 e. The number of hydrogen-bond donors (Lipinski definition) is 3. The summed E-state index contributed by atoms with van der Waals surface area (Å²) in [5.41, 5.74) is 5.31. The maximum Gasteiger partial charge on any atom is 0.273 e. The van der Waals surface area contributed by atoms with Crippen LogP contribution in [0.2, 0.25) is 5.02 Å². The van der Waals surface area contributed by atoms with Crippen LogP contribution in [0.3, 0.4) is 0 Å². The standard InChI is InChI=1S/C27H23BrClN3O4/c1-13-4-6-15(7-5-13)12-32-25(16-9-18(28)26(34)21(10-16)36-3)22-23(30-31-24(22)27(32)35)17-11-19(29)14(2)8-20(17)33/h4-11,25,33-34H,12H2,1-3H3,(H,30,31). The quantitative estimate of drug-likeness (QED) is 0.263. The van der Waals surface area contributed by atoms with Crippen LogP contribution in [0.1, 0.15) is 44.3 Å². The van der Waals surface area contributed by atoms with Gasteiger partial charge in [-0.1, -0.05) is 41.4 Å². The first-order valence-electron chi connectivity index (χ1n) is 11.2. The lowest BCUT2D eigenvalue weighted by Crippen LogP contribution is -2.29. The molecule has 0 bridgehead atoms. The van der Waals surface area contributed by atoms with Gasteiger partial charge in [0.2, 0.25) is 0 Å². The number of nitrogens with one attached hydrogen (secondary N) is 1. The molecule has 0 spiro atoms. The second-order valence-electron chi connectivity index (χ2n) is 8.85. The number of aromatic nitrogens is 2. The predicted molar refractivity (Wildman–Crippen MR) is 141 cm³/mol. The minimum absolute atomic E-state index is 0.0128. The monoisotopic (exact) mass is 567 g/mol. The molecule has 1 unspecified atom stereocenters. The van der Waals surface area contributed by atoms with Crippen molar-refractivity contribution in [2.75, 3.05) is 7.11 Å². The van der Waals surface area contributed by atoms with Crippen molar-refractivity contribution in [2.45, 2.75) is 26.4 Å². The zero-order valence-corrected chi connectivity index (χ0v) is 22.1. The summed E-state index contributed by atoms with van der Waals surface area (Å²) in [5.74, 6) is 0.0159. The van der Waals surface area contributed by atoms with Crippen LogP contribution < -0.4 is 4.74 Å². The molecule has 3 aromatic carbocycles. The van der Waals surface area contributed by atoms with Crippen LogP contribution in [-0.4, -0.2) is 38.3 Å². The first-order chi connectivity index (χ1) is 17.2. The zero-order valence-electron chi connectivity index (χ0n) is 19.8. The van der Waals surface area contributed by atoms with Crippen LogP contribution in [0.5, 0.6) is 17.2 Å². The number of aryl methyl sites for hydroxylation is 2. The molecule has 1 amide bonds. The third-order valence-corrected chi connectivity index (χ3v) is 7.47. The number of amides is 1. The van der Waals surface area contributed by atoms with Crippen LogP contribution in [-0.2, 0) is 6.54 Å². The number of methoxy groups -OCH3 is 1. The van der Waals surface area contributed by atoms with E-state index >= 15 is 0 Å². The van der Waals surface area contributed by atoms with Gasteiger partial charge in [0.1, 0.15) is 17.1 Å². The van der Waals surface area contributed by atoms with Gasteiger partial charge in [-0.05, 0) is 70.7 Å². The van der Waals surface area contributed by atoms with Gasteiger partial charge in [-0.3, -0.25) is 9.89 Å². The molecule has 184 valence electrons. The Hall–Kier alpha value is -3.49. The molecule has 36 heavy (non-hydrogen) atoms. The van der Waals surface area contributed by atoms with E-state index in [1.165, 1.54) is 7.11 Å². The summed E-state index contributed by atoms with van der Waals surface area (Å²) in [7, 11) is 1.47. The van der Waals surface area contributed by atoms with Gasteiger partial charge >= 0.3 is 0 Å². The average molecular weight is 569 g/mol. The van der Waals surface area contributed by atoms with Crippen molar-refractivity contribution < 1.29 is 19.7 Å². The Morgan fingerprint density at radius 1 is 1.14 bits per heavy atom. The number of carbonyl (C=O) groups excluding carboxylic acids is 1. The number of nitrogens with zero attached hydrogens (tertiary/aromatic N) is 2. The van der Waals surface area contributed by atoms with E-state index in [-0.39, 0.29) is 23.2 Å². The lowest BCUT2D eigenvalue weighted by molar-refractivity contribution is 0.0730. The number of carbonyl (C=O) groups is 1. The highest BCUT2D eigenvalue weighted by molar-refractivity contribution is 9.10. The molecule has 3 N–H and O–H groups in total. The molecular weight excluding hydrogens is 546 g/mol. The van der Waals surface area contributed by atoms with Crippen molar-refractivity contribution >= 4 is 33.4 Å². The molecule has 4 aromatic rings. The Kier molecular flexibility index (Phi) is 6.18. The van der Waals surface area contributed by atoms with E-state index in [0.29, 0.717) is 44.1 Å². The molecule has 1 aliphatic rings. The van der Waals surface area contributed by atoms with E-state index in [9.17, 15) is 15.0 Å². The Balaban J connectivity index is 1.71. The first kappa shape index (κ1) is 24.2. The second-order valence-corrected chi connectivity index (χ2v) is 10.1. The minimum atomic E-state index is -0.576. The van der Waals surface area contributed by atoms with Gasteiger partial charge in [-0.2, -0.15) is 5.10 Å². The van der Waals surface area contributed by atoms with E-state index in [0.717, 1.165) is 16.7 Å². The molecule has 0 saturated heterocycles. The second kappa shape index (κ2) is 9.19. The van der Waals surface area contributed by atoms with Crippen LogP contribution in [0.15, 0.2) is 53.0 Å². The summed E-state index contributed by atoms with van der Waals surface area (Å²) in [4.78, 5) is 15.4. The Morgan fingerprint density at radius 2 is 1.86 bits per heavy atom. The smallest absolute Gasteiger partial charge is 0.273 e. The SMILES string of the molecule is COc1cc(C2c3c(-c4cc(Cl)c(C)cc4O)n[nH]c3C(=O)N2Cc2ccc(C)cc2)cc(Br)c1O. The summed E-state index contributed by atoms with van der Waals surface area (Å²) >= 11 is 9.79. The molecule has 0 radical (unpaired) electrons. The molecule has 0 saturated carbocycles. The van der Waals surface area contributed by atoms with Gasteiger partial charge in [-0.25, -0.2) is 0 Å². The third-order valence-electron chi connectivity index (χ3n) is 6.46. The van der Waals surface area contributed by atoms with Crippen molar-refractivity contribution in [3.8, 4) is 28.5 Å². The number of phenolic OH excluding ortho intramolecular Hbond substituents is 2. The summed E-state index contributed by atoms with van der Waals surface area (Å²) in [6, 6.07) is 14.1. The van der Waals surface area contributed by atoms with Crippen LogP contribution in [0, 0.1) is 13.8 Å². The van der Waals surface area contributed by atoms with Crippen LogP contribution in [0.25, 0.3) is 11.3 Å². The number of hydrogen-bond acceptors (Lipinski definition) is 5. The molecule has 0 aliphatic carbocycles. The van der Waals surface area contributed by atoms with Crippen LogP contribution in [0.4, 0.5) is 0 Å². The number of rotatable bonds is 5. The van der Waals surface area contributed by atoms with Crippen molar-refractivity contribution in [2.24, 2.45) is 0 Å². The van der Waals surface area contributed by atoms with Gasteiger partial charge in [0, 0.05) is 22.7 Å². The molecule has 2 heterocycles. The number of ether oxygens (including phenoxy) is 1. The molecule has 1 atom stereocenters. The fourth-order valence-electron chi connectivity index (χ4n) is 4.56. The molecule has 1 aromatic heterocycles. The van der Waals surface area contributed by atoms with Gasteiger partial charge in [0.15, 0.2) is 11.5 Å². The van der Waals surface area contributed by atoms with Gasteiger partial charge < -0.3 is 19.8 Å². The van der Waals surface area contributed by atoms with Crippen molar-refractivity contribution in [1.29, 1.82) is 0 Å². The number of aromatic hydroxyl groups is 2. The van der Waals surface area contributed by atoms with Crippen molar-refractivity contribution in [1.82, 2.24) is 15.1 Å². The zero-order chi connectivity index (χ0) is 25.7. The Bertz CT molecular complexity index is 1500. The van der Waals surface area contributed by atoms with Gasteiger partial charge in [0.25, 0.3) is 5.91 Å².